The Labute approximate surface area is 135 Å². The van der Waals surface area contributed by atoms with E-state index in [0.717, 1.165) is 23.7 Å². The Balaban J connectivity index is 2.41. The fourth-order valence-corrected chi connectivity index (χ4v) is 3.57. The van der Waals surface area contributed by atoms with E-state index in [-0.39, 0.29) is 8.07 Å². The van der Waals surface area contributed by atoms with E-state index in [0.29, 0.717) is 0 Å². The minimum Gasteiger partial charge on any atom is -0.339 e. The molecule has 116 valence electrons. The van der Waals surface area contributed by atoms with E-state index in [1.165, 1.54) is 16.8 Å². The second-order valence-corrected chi connectivity index (χ2v) is 7.82. The summed E-state index contributed by atoms with van der Waals surface area (Å²) in [6, 6.07) is 16.8. The number of aryl methyl sites for hydroxylation is 2. The highest BCUT2D eigenvalue weighted by Crippen LogP contribution is 2.37. The molecule has 0 fully saturated rings. The molecule has 0 heterocycles. The van der Waals surface area contributed by atoms with Crippen molar-refractivity contribution in [3.63, 3.8) is 0 Å². The summed E-state index contributed by atoms with van der Waals surface area (Å²) in [5.74, 6) is 0.993. The van der Waals surface area contributed by atoms with E-state index in [1.54, 1.807) is 0 Å². The van der Waals surface area contributed by atoms with Gasteiger partial charge in [0, 0.05) is 19.3 Å². The number of nitrogens with one attached hydrogen (secondary N) is 1. The Bertz CT molecular complexity index is 611. The largest absolute Gasteiger partial charge is 0.339 e. The van der Waals surface area contributed by atoms with Gasteiger partial charge in [0.15, 0.2) is 0 Å². The molecule has 0 saturated carbocycles. The average molecular weight is 312 g/mol. The van der Waals surface area contributed by atoms with Crippen LogP contribution in [0.2, 0.25) is 0 Å². The molecule has 0 atom stereocenters. The predicted molar refractivity (Wildman–Crippen MR) is 101 cm³/mol. The van der Waals surface area contributed by atoms with Crippen LogP contribution in [0.1, 0.15) is 30.5 Å². The number of para-hydroxylation sites is 1. The van der Waals surface area contributed by atoms with Crippen molar-refractivity contribution < 1.29 is 0 Å². The second kappa shape index (κ2) is 8.10. The number of rotatable bonds is 5. The first kappa shape index (κ1) is 16.7. The van der Waals surface area contributed by atoms with Crippen LogP contribution in [-0.2, 0) is 0 Å². The zero-order valence-corrected chi connectivity index (χ0v) is 14.8. The Morgan fingerprint density at radius 1 is 0.909 bits per heavy atom. The van der Waals surface area contributed by atoms with Crippen molar-refractivity contribution in [2.75, 3.05) is 17.6 Å². The minimum atomic E-state index is -0.309. The molecule has 0 aromatic heterocycles. The Morgan fingerprint density at radius 3 is 2.05 bits per heavy atom. The molecule has 0 aliphatic heterocycles. The van der Waals surface area contributed by atoms with Gasteiger partial charge in [-0.1, -0.05) is 62.4 Å². The second-order valence-electron chi connectivity index (χ2n) is 5.35. The van der Waals surface area contributed by atoms with Crippen LogP contribution in [0.4, 0.5) is 5.69 Å². The molecular formula is C19H25N2P. The van der Waals surface area contributed by atoms with Gasteiger partial charge in [0.05, 0.1) is 0 Å². The van der Waals surface area contributed by atoms with Crippen molar-refractivity contribution in [2.24, 2.45) is 4.76 Å². The van der Waals surface area contributed by atoms with Crippen LogP contribution >= 0.6 is 8.07 Å². The first-order chi connectivity index (χ1) is 10.7. The SMILES string of the molecule is CCP(CC)N=C(Nc1c(C)cccc1C)c1ccccc1. The lowest BCUT2D eigenvalue weighted by Gasteiger charge is -2.17. The molecule has 22 heavy (non-hydrogen) atoms. The molecule has 2 aromatic rings. The summed E-state index contributed by atoms with van der Waals surface area (Å²) in [6.07, 6.45) is 2.24. The lowest BCUT2D eigenvalue weighted by molar-refractivity contribution is 1.36. The van der Waals surface area contributed by atoms with E-state index in [1.807, 2.05) is 6.07 Å². The van der Waals surface area contributed by atoms with Gasteiger partial charge in [0.25, 0.3) is 0 Å². The van der Waals surface area contributed by atoms with E-state index >= 15 is 0 Å². The zero-order valence-electron chi connectivity index (χ0n) is 13.9. The number of hydrogen-bond acceptors (Lipinski definition) is 1. The van der Waals surface area contributed by atoms with Crippen LogP contribution in [0, 0.1) is 13.8 Å². The first-order valence-electron chi connectivity index (χ1n) is 7.87. The van der Waals surface area contributed by atoms with Crippen molar-refractivity contribution in [3.05, 3.63) is 65.2 Å². The molecule has 0 aliphatic carbocycles. The highest BCUT2D eigenvalue weighted by Gasteiger charge is 2.10. The monoisotopic (exact) mass is 312 g/mol. The van der Waals surface area contributed by atoms with Crippen LogP contribution in [0.15, 0.2) is 53.3 Å². The minimum absolute atomic E-state index is 0.309. The van der Waals surface area contributed by atoms with Crippen molar-refractivity contribution >= 4 is 19.6 Å². The summed E-state index contributed by atoms with van der Waals surface area (Å²) in [4.78, 5) is 0. The maximum Gasteiger partial charge on any atom is 0.136 e. The topological polar surface area (TPSA) is 24.4 Å². The first-order valence-corrected chi connectivity index (χ1v) is 9.54. The molecule has 0 amide bonds. The molecule has 1 N–H and O–H groups in total. The molecule has 2 rings (SSSR count). The third kappa shape index (κ3) is 4.18. The molecule has 2 nitrogen and oxygen atoms in total. The Morgan fingerprint density at radius 2 is 1.50 bits per heavy atom. The van der Waals surface area contributed by atoms with Gasteiger partial charge < -0.3 is 5.32 Å². The summed E-state index contributed by atoms with van der Waals surface area (Å²) in [6.45, 7) is 8.72. The van der Waals surface area contributed by atoms with Crippen molar-refractivity contribution in [3.8, 4) is 0 Å². The third-order valence-electron chi connectivity index (χ3n) is 3.74. The van der Waals surface area contributed by atoms with Crippen LogP contribution in [-0.4, -0.2) is 18.2 Å². The van der Waals surface area contributed by atoms with Gasteiger partial charge in [-0.15, -0.1) is 0 Å². The van der Waals surface area contributed by atoms with Gasteiger partial charge >= 0.3 is 0 Å². The molecule has 0 radical (unpaired) electrons. The highest BCUT2D eigenvalue weighted by atomic mass is 31.1. The lowest BCUT2D eigenvalue weighted by Crippen LogP contribution is -2.15. The van der Waals surface area contributed by atoms with Gasteiger partial charge in [-0.05, 0) is 37.3 Å². The van der Waals surface area contributed by atoms with Crippen molar-refractivity contribution in [1.82, 2.24) is 0 Å². The quantitative estimate of drug-likeness (QED) is 0.434. The molecule has 0 bridgehead atoms. The number of hydrogen-bond donors (Lipinski definition) is 1. The van der Waals surface area contributed by atoms with E-state index in [4.69, 9.17) is 4.76 Å². The molecule has 0 spiro atoms. The predicted octanol–water partition coefficient (Wildman–Crippen LogP) is 5.60. The van der Waals surface area contributed by atoms with Crippen LogP contribution in [0.3, 0.4) is 0 Å². The fourth-order valence-electron chi connectivity index (χ4n) is 2.39. The lowest BCUT2D eigenvalue weighted by atomic mass is 10.1. The van der Waals surface area contributed by atoms with Crippen LogP contribution in [0.25, 0.3) is 0 Å². The summed E-state index contributed by atoms with van der Waals surface area (Å²) in [5, 5.41) is 3.60. The van der Waals surface area contributed by atoms with Gasteiger partial charge in [0.2, 0.25) is 0 Å². The van der Waals surface area contributed by atoms with Crippen molar-refractivity contribution in [2.45, 2.75) is 27.7 Å². The van der Waals surface area contributed by atoms with Gasteiger partial charge in [-0.2, -0.15) is 0 Å². The number of anilines is 1. The summed E-state index contributed by atoms with van der Waals surface area (Å²) < 4.78 is 5.03. The molecule has 0 aliphatic rings. The number of benzene rings is 2. The maximum atomic E-state index is 5.03. The molecule has 0 saturated heterocycles. The fraction of sp³-hybridized carbons (Fsp3) is 0.316. The smallest absolute Gasteiger partial charge is 0.136 e. The van der Waals surface area contributed by atoms with E-state index < -0.39 is 0 Å². The van der Waals surface area contributed by atoms with E-state index in [9.17, 15) is 0 Å². The summed E-state index contributed by atoms with van der Waals surface area (Å²) in [5.41, 5.74) is 4.83. The highest BCUT2D eigenvalue weighted by molar-refractivity contribution is 7.56. The van der Waals surface area contributed by atoms with Crippen LogP contribution in [0.5, 0.6) is 0 Å². The Kier molecular flexibility index (Phi) is 6.15. The molecule has 2 aromatic carbocycles. The molecular weight excluding hydrogens is 287 g/mol. The Hall–Kier alpha value is -1.66. The standard InChI is InChI=1S/C19H25N2P/c1-5-22(6-2)21-19(17-13-8-7-9-14-17)20-18-15(3)11-10-12-16(18)4/h7-14H,5-6H2,1-4H3,(H,20,21). The third-order valence-corrected chi connectivity index (χ3v) is 5.69. The van der Waals surface area contributed by atoms with E-state index in [2.05, 4.69) is 75.5 Å². The number of amidine groups is 1. The van der Waals surface area contributed by atoms with Crippen molar-refractivity contribution in [1.29, 1.82) is 0 Å². The summed E-state index contributed by atoms with van der Waals surface area (Å²) in [7, 11) is -0.309. The molecule has 3 heteroatoms. The maximum absolute atomic E-state index is 5.03. The average Bonchev–Trinajstić information content (AvgIpc) is 2.55. The van der Waals surface area contributed by atoms with Gasteiger partial charge in [-0.3, -0.25) is 0 Å². The normalized spacial score (nSPS) is 11.8. The van der Waals surface area contributed by atoms with Crippen LogP contribution < -0.4 is 5.32 Å². The molecule has 0 unspecified atom stereocenters. The van der Waals surface area contributed by atoms with Gasteiger partial charge in [-0.25, -0.2) is 4.76 Å². The van der Waals surface area contributed by atoms with Gasteiger partial charge in [0.1, 0.15) is 5.84 Å². The zero-order chi connectivity index (χ0) is 15.9. The summed E-state index contributed by atoms with van der Waals surface area (Å²) >= 11 is 0. The number of nitrogens with zero attached hydrogens (tertiary/aromatic N) is 1.